The van der Waals surface area contributed by atoms with E-state index in [-0.39, 0.29) is 23.8 Å². The monoisotopic (exact) mass is 402 g/mol. The molecule has 0 bridgehead atoms. The van der Waals surface area contributed by atoms with Gasteiger partial charge in [-0.1, -0.05) is 6.07 Å². The lowest BCUT2D eigenvalue weighted by Gasteiger charge is -2.14. The van der Waals surface area contributed by atoms with Crippen LogP contribution >= 0.6 is 0 Å². The van der Waals surface area contributed by atoms with E-state index in [1.807, 2.05) is 19.9 Å². The normalized spacial score (nSPS) is 12.7. The van der Waals surface area contributed by atoms with Crippen molar-refractivity contribution in [1.29, 1.82) is 0 Å². The zero-order chi connectivity index (χ0) is 20.6. The van der Waals surface area contributed by atoms with E-state index in [0.717, 1.165) is 27.8 Å². The third-order valence-electron chi connectivity index (χ3n) is 4.91. The van der Waals surface area contributed by atoms with E-state index in [1.54, 1.807) is 29.8 Å². The minimum atomic E-state index is -3.87. The molecule has 0 aliphatic heterocycles. The fourth-order valence-electron chi connectivity index (χ4n) is 3.67. The SMILES string of the molecule is Cc1ccc(S(N)(=O)=O)c(C)c1-c1c(C)n(C/C(F)=C/CN)c2ncccc12. The van der Waals surface area contributed by atoms with Crippen LogP contribution in [0.4, 0.5) is 4.39 Å². The molecular weight excluding hydrogens is 379 g/mol. The lowest BCUT2D eigenvalue weighted by atomic mass is 9.94. The van der Waals surface area contributed by atoms with Gasteiger partial charge in [-0.05, 0) is 61.7 Å². The number of sulfonamides is 1. The predicted molar refractivity (Wildman–Crippen MR) is 109 cm³/mol. The van der Waals surface area contributed by atoms with Gasteiger partial charge in [-0.3, -0.25) is 0 Å². The second-order valence-corrected chi connectivity index (χ2v) is 8.26. The standard InChI is InChI=1S/C20H23FN4O2S/c1-12-6-7-17(28(23,26)27)13(2)18(12)19-14(3)25(11-15(21)8-9-22)20-16(19)5-4-10-24-20/h4-8,10H,9,11,22H2,1-3H3,(H2,23,26,27)/b15-8-. The summed E-state index contributed by atoms with van der Waals surface area (Å²) in [6, 6.07) is 6.94. The molecule has 148 valence electrons. The minimum Gasteiger partial charge on any atom is -0.327 e. The van der Waals surface area contributed by atoms with Crippen LogP contribution in [0, 0.1) is 20.8 Å². The molecule has 8 heteroatoms. The van der Waals surface area contributed by atoms with Crippen LogP contribution in [0.25, 0.3) is 22.2 Å². The molecule has 2 heterocycles. The fraction of sp³-hybridized carbons (Fsp3) is 0.250. The predicted octanol–water partition coefficient (Wildman–Crippen LogP) is 3.09. The summed E-state index contributed by atoms with van der Waals surface area (Å²) in [4.78, 5) is 4.50. The van der Waals surface area contributed by atoms with Crippen LogP contribution in [0.3, 0.4) is 0 Å². The maximum atomic E-state index is 14.2. The van der Waals surface area contributed by atoms with E-state index in [2.05, 4.69) is 4.98 Å². The zero-order valence-corrected chi connectivity index (χ0v) is 16.8. The number of primary sulfonamides is 1. The smallest absolute Gasteiger partial charge is 0.238 e. The summed E-state index contributed by atoms with van der Waals surface area (Å²) in [6.45, 7) is 5.62. The van der Waals surface area contributed by atoms with Gasteiger partial charge in [0.05, 0.1) is 11.4 Å². The van der Waals surface area contributed by atoms with Crippen LogP contribution in [0.5, 0.6) is 0 Å². The number of allylic oxidation sites excluding steroid dienone is 1. The van der Waals surface area contributed by atoms with Crippen LogP contribution in [-0.4, -0.2) is 24.5 Å². The number of rotatable bonds is 5. The van der Waals surface area contributed by atoms with E-state index in [9.17, 15) is 12.8 Å². The van der Waals surface area contributed by atoms with Crippen molar-refractivity contribution in [2.24, 2.45) is 10.9 Å². The van der Waals surface area contributed by atoms with Gasteiger partial charge >= 0.3 is 0 Å². The molecule has 0 fully saturated rings. The molecule has 6 nitrogen and oxygen atoms in total. The van der Waals surface area contributed by atoms with E-state index < -0.39 is 10.0 Å². The molecule has 0 radical (unpaired) electrons. The highest BCUT2D eigenvalue weighted by molar-refractivity contribution is 7.89. The third-order valence-corrected chi connectivity index (χ3v) is 5.96. The van der Waals surface area contributed by atoms with Crippen molar-refractivity contribution < 1.29 is 12.8 Å². The summed E-state index contributed by atoms with van der Waals surface area (Å²) in [5.41, 5.74) is 9.87. The highest BCUT2D eigenvalue weighted by Gasteiger charge is 2.23. The summed E-state index contributed by atoms with van der Waals surface area (Å²) >= 11 is 0. The Morgan fingerprint density at radius 2 is 1.93 bits per heavy atom. The molecule has 0 saturated carbocycles. The number of aryl methyl sites for hydroxylation is 1. The van der Waals surface area contributed by atoms with Crippen molar-refractivity contribution >= 4 is 21.1 Å². The first kappa shape index (κ1) is 20.2. The van der Waals surface area contributed by atoms with Crippen LogP contribution in [0.15, 0.2) is 47.3 Å². The number of benzene rings is 1. The maximum Gasteiger partial charge on any atom is 0.238 e. The Labute approximate surface area is 163 Å². The minimum absolute atomic E-state index is 0.00349. The van der Waals surface area contributed by atoms with E-state index >= 15 is 0 Å². The van der Waals surface area contributed by atoms with Gasteiger partial charge in [-0.15, -0.1) is 0 Å². The highest BCUT2D eigenvalue weighted by atomic mass is 32.2. The largest absolute Gasteiger partial charge is 0.327 e. The van der Waals surface area contributed by atoms with Gasteiger partial charge in [0.2, 0.25) is 10.0 Å². The molecule has 3 aromatic rings. The average Bonchev–Trinajstić information content (AvgIpc) is 2.87. The van der Waals surface area contributed by atoms with E-state index in [4.69, 9.17) is 10.9 Å². The number of hydrogen-bond donors (Lipinski definition) is 2. The van der Waals surface area contributed by atoms with Gasteiger partial charge < -0.3 is 10.3 Å². The van der Waals surface area contributed by atoms with Crippen molar-refractivity contribution in [2.75, 3.05) is 6.54 Å². The zero-order valence-electron chi connectivity index (χ0n) is 16.0. The Bertz CT molecular complexity index is 1200. The lowest BCUT2D eigenvalue weighted by Crippen LogP contribution is -2.14. The molecular formula is C20H23FN4O2S. The first-order chi connectivity index (χ1) is 13.2. The van der Waals surface area contributed by atoms with Gasteiger partial charge in [0, 0.05) is 29.4 Å². The van der Waals surface area contributed by atoms with Crippen LogP contribution in [-0.2, 0) is 16.6 Å². The summed E-state index contributed by atoms with van der Waals surface area (Å²) in [6.07, 6.45) is 2.97. The average molecular weight is 402 g/mol. The first-order valence-electron chi connectivity index (χ1n) is 8.78. The highest BCUT2D eigenvalue weighted by Crippen LogP contribution is 2.39. The number of fused-ring (bicyclic) bond motifs is 1. The summed E-state index contributed by atoms with van der Waals surface area (Å²) < 4.78 is 40.0. The van der Waals surface area contributed by atoms with Crippen molar-refractivity contribution in [1.82, 2.24) is 9.55 Å². The Morgan fingerprint density at radius 1 is 1.21 bits per heavy atom. The van der Waals surface area contributed by atoms with E-state index in [0.29, 0.717) is 11.2 Å². The number of hydrogen-bond acceptors (Lipinski definition) is 4. The Hall–Kier alpha value is -2.55. The number of nitrogens with zero attached hydrogens (tertiary/aromatic N) is 2. The molecule has 0 atom stereocenters. The van der Waals surface area contributed by atoms with Crippen LogP contribution in [0.1, 0.15) is 16.8 Å². The number of halogens is 1. The molecule has 0 saturated heterocycles. The van der Waals surface area contributed by atoms with Crippen molar-refractivity contribution in [2.45, 2.75) is 32.2 Å². The van der Waals surface area contributed by atoms with Crippen LogP contribution in [0.2, 0.25) is 0 Å². The molecule has 2 aromatic heterocycles. The van der Waals surface area contributed by atoms with Crippen molar-refractivity contribution in [3.05, 3.63) is 59.2 Å². The Morgan fingerprint density at radius 3 is 2.57 bits per heavy atom. The van der Waals surface area contributed by atoms with E-state index in [1.165, 1.54) is 12.1 Å². The Kier molecular flexibility index (Phi) is 5.38. The lowest BCUT2D eigenvalue weighted by molar-refractivity contribution is 0.554. The van der Waals surface area contributed by atoms with Gasteiger partial charge in [0.25, 0.3) is 0 Å². The van der Waals surface area contributed by atoms with Gasteiger partial charge in [-0.2, -0.15) is 0 Å². The second-order valence-electron chi connectivity index (χ2n) is 6.73. The molecule has 0 amide bonds. The summed E-state index contributed by atoms with van der Waals surface area (Å²) in [5.74, 6) is -0.355. The molecule has 0 spiro atoms. The number of pyridine rings is 1. The molecule has 0 unspecified atom stereocenters. The Balaban J connectivity index is 2.38. The molecule has 3 rings (SSSR count). The number of nitrogens with two attached hydrogens (primary N) is 2. The first-order valence-corrected chi connectivity index (χ1v) is 10.3. The molecule has 28 heavy (non-hydrogen) atoms. The van der Waals surface area contributed by atoms with Gasteiger partial charge in [0.15, 0.2) is 0 Å². The van der Waals surface area contributed by atoms with Crippen LogP contribution < -0.4 is 10.9 Å². The quantitative estimate of drug-likeness (QED) is 0.684. The van der Waals surface area contributed by atoms with Crippen molar-refractivity contribution in [3.8, 4) is 11.1 Å². The number of aromatic nitrogens is 2. The molecule has 4 N–H and O–H groups in total. The topological polar surface area (TPSA) is 104 Å². The third kappa shape index (κ3) is 3.46. The maximum absolute atomic E-state index is 14.2. The molecule has 0 aliphatic carbocycles. The molecule has 1 aromatic carbocycles. The molecule has 0 aliphatic rings. The summed E-state index contributed by atoms with van der Waals surface area (Å²) in [7, 11) is -3.87. The second kappa shape index (κ2) is 7.46. The summed E-state index contributed by atoms with van der Waals surface area (Å²) in [5, 5.41) is 6.21. The van der Waals surface area contributed by atoms with Gasteiger partial charge in [-0.25, -0.2) is 22.9 Å². The van der Waals surface area contributed by atoms with Crippen molar-refractivity contribution in [3.63, 3.8) is 0 Å². The fourth-order valence-corrected chi connectivity index (χ4v) is 4.46. The van der Waals surface area contributed by atoms with Gasteiger partial charge in [0.1, 0.15) is 11.5 Å².